The fraction of sp³-hybridized carbons (Fsp3) is 0.333. The van der Waals surface area contributed by atoms with Crippen molar-refractivity contribution in [3.63, 3.8) is 0 Å². The summed E-state index contributed by atoms with van der Waals surface area (Å²) in [7, 11) is 0. The molecule has 0 aromatic heterocycles. The zero-order chi connectivity index (χ0) is 12.6. The Morgan fingerprint density at radius 1 is 1.12 bits per heavy atom. The maximum absolute atomic E-state index is 12.0. The van der Waals surface area contributed by atoms with Crippen molar-refractivity contribution in [2.45, 2.75) is 12.8 Å². The van der Waals surface area contributed by atoms with Gasteiger partial charge < -0.3 is 5.11 Å². The van der Waals surface area contributed by atoms with Gasteiger partial charge in [0.15, 0.2) is 5.78 Å². The summed E-state index contributed by atoms with van der Waals surface area (Å²) in [6.07, 6.45) is 1.18. The number of ketones is 1. The minimum Gasteiger partial charge on any atom is -0.481 e. The topological polar surface area (TPSA) is 54.4 Å². The van der Waals surface area contributed by atoms with Crippen LogP contribution in [0.2, 0.25) is 10.0 Å². The van der Waals surface area contributed by atoms with Gasteiger partial charge in [0.1, 0.15) is 0 Å². The van der Waals surface area contributed by atoms with Gasteiger partial charge in [-0.2, -0.15) is 0 Å². The number of halogens is 2. The van der Waals surface area contributed by atoms with E-state index in [4.69, 9.17) is 28.3 Å². The number of carboxylic acids is 1. The van der Waals surface area contributed by atoms with E-state index in [1.165, 1.54) is 6.07 Å². The highest BCUT2D eigenvalue weighted by atomic mass is 35.5. The maximum atomic E-state index is 12.0. The molecule has 0 radical (unpaired) electrons. The van der Waals surface area contributed by atoms with Crippen LogP contribution in [0.4, 0.5) is 0 Å². The molecule has 17 heavy (non-hydrogen) atoms. The molecule has 2 atom stereocenters. The summed E-state index contributed by atoms with van der Waals surface area (Å²) in [5.41, 5.74) is 0.426. The number of carboxylic acid groups (broad SMARTS) is 1. The van der Waals surface area contributed by atoms with Crippen LogP contribution in [-0.2, 0) is 4.79 Å². The second kappa shape index (κ2) is 4.67. The molecule has 3 nitrogen and oxygen atoms in total. The van der Waals surface area contributed by atoms with Crippen molar-refractivity contribution < 1.29 is 14.7 Å². The molecule has 1 N–H and O–H groups in total. The summed E-state index contributed by atoms with van der Waals surface area (Å²) >= 11 is 11.6. The average molecular weight is 273 g/mol. The molecule has 0 bridgehead atoms. The SMILES string of the molecule is O=C(O)C1CCC1C(=O)c1ccc(Cl)c(Cl)c1. The van der Waals surface area contributed by atoms with Crippen LogP contribution < -0.4 is 0 Å². The van der Waals surface area contributed by atoms with Crippen LogP contribution in [-0.4, -0.2) is 16.9 Å². The van der Waals surface area contributed by atoms with Gasteiger partial charge in [0.25, 0.3) is 0 Å². The molecular weight excluding hydrogens is 263 g/mol. The van der Waals surface area contributed by atoms with Gasteiger partial charge in [-0.05, 0) is 31.0 Å². The molecule has 5 heteroatoms. The minimum atomic E-state index is -0.908. The Kier molecular flexibility index (Phi) is 3.40. The number of rotatable bonds is 3. The molecular formula is C12H10Cl2O3. The zero-order valence-electron chi connectivity index (χ0n) is 8.82. The van der Waals surface area contributed by atoms with E-state index in [1.54, 1.807) is 12.1 Å². The smallest absolute Gasteiger partial charge is 0.307 e. The average Bonchev–Trinajstić information content (AvgIpc) is 2.19. The van der Waals surface area contributed by atoms with Crippen molar-refractivity contribution >= 4 is 35.0 Å². The molecule has 1 aromatic rings. The van der Waals surface area contributed by atoms with E-state index < -0.39 is 17.8 Å². The summed E-state index contributed by atoms with van der Waals surface area (Å²) < 4.78 is 0. The van der Waals surface area contributed by atoms with Crippen LogP contribution in [0.5, 0.6) is 0 Å². The predicted molar refractivity (Wildman–Crippen MR) is 64.6 cm³/mol. The Hall–Kier alpha value is -1.06. The Labute approximate surface area is 108 Å². The third-order valence-electron chi connectivity index (χ3n) is 3.13. The van der Waals surface area contributed by atoms with E-state index in [1.807, 2.05) is 0 Å². The monoisotopic (exact) mass is 272 g/mol. The molecule has 1 fully saturated rings. The largest absolute Gasteiger partial charge is 0.481 e. The third kappa shape index (κ3) is 2.31. The molecule has 1 aromatic carbocycles. The fourth-order valence-corrected chi connectivity index (χ4v) is 2.27. The summed E-state index contributed by atoms with van der Waals surface area (Å²) in [6.45, 7) is 0. The van der Waals surface area contributed by atoms with Crippen molar-refractivity contribution in [3.05, 3.63) is 33.8 Å². The zero-order valence-corrected chi connectivity index (χ0v) is 10.3. The van der Waals surface area contributed by atoms with Crippen molar-refractivity contribution in [1.82, 2.24) is 0 Å². The number of aliphatic carboxylic acids is 1. The van der Waals surface area contributed by atoms with Gasteiger partial charge >= 0.3 is 5.97 Å². The van der Waals surface area contributed by atoms with Gasteiger partial charge in [0.2, 0.25) is 0 Å². The lowest BCUT2D eigenvalue weighted by Crippen LogP contribution is -2.38. The summed E-state index contributed by atoms with van der Waals surface area (Å²) in [6, 6.07) is 4.61. The molecule has 0 heterocycles. The van der Waals surface area contributed by atoms with Crippen LogP contribution >= 0.6 is 23.2 Å². The Balaban J connectivity index is 2.20. The lowest BCUT2D eigenvalue weighted by Gasteiger charge is -2.32. The van der Waals surface area contributed by atoms with E-state index in [-0.39, 0.29) is 5.78 Å². The third-order valence-corrected chi connectivity index (χ3v) is 3.87. The lowest BCUT2D eigenvalue weighted by atomic mass is 9.70. The van der Waals surface area contributed by atoms with Crippen LogP contribution in [0.3, 0.4) is 0 Å². The molecule has 0 aliphatic heterocycles. The van der Waals surface area contributed by atoms with Gasteiger partial charge in [-0.15, -0.1) is 0 Å². The highest BCUT2D eigenvalue weighted by Crippen LogP contribution is 2.37. The molecule has 1 aliphatic carbocycles. The van der Waals surface area contributed by atoms with E-state index >= 15 is 0 Å². The predicted octanol–water partition coefficient (Wildman–Crippen LogP) is 3.29. The van der Waals surface area contributed by atoms with Crippen molar-refractivity contribution in [2.24, 2.45) is 11.8 Å². The first-order chi connectivity index (χ1) is 8.00. The van der Waals surface area contributed by atoms with Crippen LogP contribution in [0, 0.1) is 11.8 Å². The maximum Gasteiger partial charge on any atom is 0.307 e. The molecule has 0 spiro atoms. The second-order valence-corrected chi connectivity index (χ2v) is 4.94. The Morgan fingerprint density at radius 2 is 1.76 bits per heavy atom. The van der Waals surface area contributed by atoms with E-state index in [2.05, 4.69) is 0 Å². The number of hydrogen-bond acceptors (Lipinski definition) is 2. The quantitative estimate of drug-likeness (QED) is 0.860. The first-order valence-corrected chi connectivity index (χ1v) is 5.98. The van der Waals surface area contributed by atoms with Gasteiger partial charge in [-0.25, -0.2) is 0 Å². The number of hydrogen-bond donors (Lipinski definition) is 1. The van der Waals surface area contributed by atoms with Crippen LogP contribution in [0.1, 0.15) is 23.2 Å². The van der Waals surface area contributed by atoms with Gasteiger partial charge in [-0.3, -0.25) is 9.59 Å². The normalized spacial score (nSPS) is 22.9. The van der Waals surface area contributed by atoms with E-state index in [0.29, 0.717) is 28.5 Å². The van der Waals surface area contributed by atoms with E-state index in [0.717, 1.165) is 0 Å². The van der Waals surface area contributed by atoms with Gasteiger partial charge in [0.05, 0.1) is 16.0 Å². The highest BCUT2D eigenvalue weighted by Gasteiger charge is 2.41. The highest BCUT2D eigenvalue weighted by molar-refractivity contribution is 6.42. The van der Waals surface area contributed by atoms with Crippen molar-refractivity contribution in [1.29, 1.82) is 0 Å². The standard InChI is InChI=1S/C12H10Cl2O3/c13-9-4-1-6(5-10(9)14)11(15)7-2-3-8(7)12(16)17/h1,4-5,7-8H,2-3H2,(H,16,17). The molecule has 0 amide bonds. The molecule has 2 rings (SSSR count). The number of Topliss-reactive ketones (excluding diaryl/α,β-unsaturated/α-hetero) is 1. The Bertz CT molecular complexity index is 485. The van der Waals surface area contributed by atoms with E-state index in [9.17, 15) is 9.59 Å². The van der Waals surface area contributed by atoms with Gasteiger partial charge in [-0.1, -0.05) is 23.2 Å². The van der Waals surface area contributed by atoms with Crippen molar-refractivity contribution in [2.75, 3.05) is 0 Å². The Morgan fingerprint density at radius 3 is 2.24 bits per heavy atom. The van der Waals surface area contributed by atoms with Crippen LogP contribution in [0.15, 0.2) is 18.2 Å². The molecule has 1 aliphatic rings. The molecule has 1 saturated carbocycles. The lowest BCUT2D eigenvalue weighted by molar-refractivity contribution is -0.146. The molecule has 0 saturated heterocycles. The van der Waals surface area contributed by atoms with Crippen LogP contribution in [0.25, 0.3) is 0 Å². The first-order valence-electron chi connectivity index (χ1n) is 5.23. The number of carbonyl (C=O) groups is 2. The summed E-state index contributed by atoms with van der Waals surface area (Å²) in [4.78, 5) is 22.9. The molecule has 90 valence electrons. The second-order valence-electron chi connectivity index (χ2n) is 4.12. The number of carbonyl (C=O) groups excluding carboxylic acids is 1. The fourth-order valence-electron chi connectivity index (χ4n) is 1.97. The summed E-state index contributed by atoms with van der Waals surface area (Å²) in [5.74, 6) is -2.06. The first kappa shape index (κ1) is 12.4. The summed E-state index contributed by atoms with van der Waals surface area (Å²) in [5, 5.41) is 9.59. The molecule has 2 unspecified atom stereocenters. The number of benzene rings is 1. The minimum absolute atomic E-state index is 0.165. The van der Waals surface area contributed by atoms with Crippen molar-refractivity contribution in [3.8, 4) is 0 Å². The van der Waals surface area contributed by atoms with Gasteiger partial charge in [0, 0.05) is 11.5 Å².